The van der Waals surface area contributed by atoms with Crippen LogP contribution in [0, 0.1) is 0 Å². The number of rotatable bonds is 2. The molecule has 0 amide bonds. The van der Waals surface area contributed by atoms with Crippen LogP contribution in [0.3, 0.4) is 0 Å². The minimum absolute atomic E-state index is 0.440. The maximum absolute atomic E-state index is 5.65. The van der Waals surface area contributed by atoms with Gasteiger partial charge < -0.3 is 11.1 Å². The number of hydrogen-bond donors (Lipinski definition) is 2. The Morgan fingerprint density at radius 2 is 2.50 bits per heavy atom. The molecule has 2 atom stereocenters. The van der Waals surface area contributed by atoms with E-state index in [2.05, 4.69) is 12.2 Å². The Kier molecular flexibility index (Phi) is 1.86. The standard InChI is InChI=1S/C6H14N2/c1-2-3-6-5(7)4-8-6/h5-6,8H,2-4,7H2,1H3/t5-,6?/m0/s1. The van der Waals surface area contributed by atoms with E-state index in [1.54, 1.807) is 0 Å². The number of hydrogen-bond acceptors (Lipinski definition) is 2. The average molecular weight is 114 g/mol. The summed E-state index contributed by atoms with van der Waals surface area (Å²) in [4.78, 5) is 0. The lowest BCUT2D eigenvalue weighted by molar-refractivity contribution is 0.293. The molecule has 48 valence electrons. The summed E-state index contributed by atoms with van der Waals surface area (Å²) in [6, 6.07) is 1.06. The molecule has 0 aromatic heterocycles. The molecule has 0 spiro atoms. The zero-order valence-electron chi connectivity index (χ0n) is 5.35. The van der Waals surface area contributed by atoms with Crippen LogP contribution < -0.4 is 11.1 Å². The predicted molar refractivity (Wildman–Crippen MR) is 34.7 cm³/mol. The molecule has 2 nitrogen and oxygen atoms in total. The van der Waals surface area contributed by atoms with Gasteiger partial charge in [-0.3, -0.25) is 0 Å². The molecule has 0 saturated carbocycles. The second-order valence-corrected chi connectivity index (χ2v) is 2.47. The van der Waals surface area contributed by atoms with Crippen LogP contribution in [0.15, 0.2) is 0 Å². The Balaban J connectivity index is 2.08. The summed E-state index contributed by atoms with van der Waals surface area (Å²) < 4.78 is 0. The van der Waals surface area contributed by atoms with E-state index in [1.165, 1.54) is 12.8 Å². The molecular weight excluding hydrogens is 100 g/mol. The molecule has 3 N–H and O–H groups in total. The SMILES string of the molecule is CCCC1NC[C@@H]1N. The smallest absolute Gasteiger partial charge is 0.0321 e. The molecule has 0 aliphatic carbocycles. The van der Waals surface area contributed by atoms with E-state index in [9.17, 15) is 0 Å². The molecule has 0 bridgehead atoms. The maximum atomic E-state index is 5.65. The van der Waals surface area contributed by atoms with E-state index in [0.717, 1.165) is 6.54 Å². The summed E-state index contributed by atoms with van der Waals surface area (Å²) >= 11 is 0. The summed E-state index contributed by atoms with van der Waals surface area (Å²) in [6.07, 6.45) is 2.48. The van der Waals surface area contributed by atoms with Crippen molar-refractivity contribution in [1.29, 1.82) is 0 Å². The maximum Gasteiger partial charge on any atom is 0.0321 e. The Morgan fingerprint density at radius 1 is 1.75 bits per heavy atom. The van der Waals surface area contributed by atoms with Gasteiger partial charge in [-0.15, -0.1) is 0 Å². The second-order valence-electron chi connectivity index (χ2n) is 2.47. The molecule has 0 aromatic carbocycles. The average Bonchev–Trinajstić information content (AvgIpc) is 1.79. The van der Waals surface area contributed by atoms with Crippen molar-refractivity contribution in [1.82, 2.24) is 5.32 Å². The molecule has 1 saturated heterocycles. The van der Waals surface area contributed by atoms with Crippen LogP contribution in [0.5, 0.6) is 0 Å². The summed E-state index contributed by atoms with van der Waals surface area (Å²) in [6.45, 7) is 3.21. The lowest BCUT2D eigenvalue weighted by atomic mass is 9.97. The third kappa shape index (κ3) is 1.01. The van der Waals surface area contributed by atoms with Gasteiger partial charge in [-0.1, -0.05) is 13.3 Å². The van der Waals surface area contributed by atoms with Gasteiger partial charge in [0.05, 0.1) is 0 Å². The zero-order valence-corrected chi connectivity index (χ0v) is 5.35. The van der Waals surface area contributed by atoms with E-state index >= 15 is 0 Å². The van der Waals surface area contributed by atoms with E-state index in [1.807, 2.05) is 0 Å². The Bertz CT molecular complexity index is 72.9. The first-order valence-corrected chi connectivity index (χ1v) is 3.33. The highest BCUT2D eigenvalue weighted by Crippen LogP contribution is 2.06. The van der Waals surface area contributed by atoms with Crippen LogP contribution >= 0.6 is 0 Å². The summed E-state index contributed by atoms with van der Waals surface area (Å²) in [5, 5.41) is 3.27. The molecular formula is C6H14N2. The van der Waals surface area contributed by atoms with Crippen molar-refractivity contribution < 1.29 is 0 Å². The van der Waals surface area contributed by atoms with Gasteiger partial charge in [0.15, 0.2) is 0 Å². The fourth-order valence-electron chi connectivity index (χ4n) is 1.05. The minimum Gasteiger partial charge on any atom is -0.325 e. The van der Waals surface area contributed by atoms with Gasteiger partial charge in [-0.05, 0) is 6.42 Å². The Hall–Kier alpha value is -0.0800. The molecule has 0 radical (unpaired) electrons. The van der Waals surface area contributed by atoms with Gasteiger partial charge in [0.1, 0.15) is 0 Å². The lowest BCUT2D eigenvalue weighted by Gasteiger charge is -2.34. The highest BCUT2D eigenvalue weighted by atomic mass is 15.1. The molecule has 1 heterocycles. The predicted octanol–water partition coefficient (Wildman–Crippen LogP) is 0.0856. The topological polar surface area (TPSA) is 38.0 Å². The van der Waals surface area contributed by atoms with E-state index < -0.39 is 0 Å². The Morgan fingerprint density at radius 3 is 2.62 bits per heavy atom. The largest absolute Gasteiger partial charge is 0.325 e. The lowest BCUT2D eigenvalue weighted by Crippen LogP contribution is -2.61. The third-order valence-electron chi connectivity index (χ3n) is 1.73. The van der Waals surface area contributed by atoms with Crippen molar-refractivity contribution in [3.8, 4) is 0 Å². The van der Waals surface area contributed by atoms with E-state index in [0.29, 0.717) is 12.1 Å². The van der Waals surface area contributed by atoms with Crippen LogP contribution in [0.2, 0.25) is 0 Å². The van der Waals surface area contributed by atoms with Gasteiger partial charge in [-0.2, -0.15) is 0 Å². The third-order valence-corrected chi connectivity index (χ3v) is 1.73. The molecule has 1 rings (SSSR count). The molecule has 2 heteroatoms. The molecule has 1 aliphatic heterocycles. The molecule has 1 aliphatic rings. The van der Waals surface area contributed by atoms with Crippen molar-refractivity contribution in [2.75, 3.05) is 6.54 Å². The van der Waals surface area contributed by atoms with Gasteiger partial charge in [0, 0.05) is 18.6 Å². The summed E-state index contributed by atoms with van der Waals surface area (Å²) in [5.74, 6) is 0. The van der Waals surface area contributed by atoms with E-state index in [-0.39, 0.29) is 0 Å². The minimum atomic E-state index is 0.440. The first-order valence-electron chi connectivity index (χ1n) is 3.33. The fraction of sp³-hybridized carbons (Fsp3) is 1.00. The second kappa shape index (κ2) is 2.46. The summed E-state index contributed by atoms with van der Waals surface area (Å²) in [7, 11) is 0. The van der Waals surface area contributed by atoms with E-state index in [4.69, 9.17) is 5.73 Å². The van der Waals surface area contributed by atoms with Crippen molar-refractivity contribution in [2.45, 2.75) is 31.8 Å². The molecule has 1 fully saturated rings. The highest BCUT2D eigenvalue weighted by molar-refractivity contribution is 4.90. The van der Waals surface area contributed by atoms with Crippen LogP contribution in [0.4, 0.5) is 0 Å². The zero-order chi connectivity index (χ0) is 5.98. The Labute approximate surface area is 50.4 Å². The summed E-state index contributed by atoms with van der Waals surface area (Å²) in [5.41, 5.74) is 5.65. The van der Waals surface area contributed by atoms with Gasteiger partial charge in [0.2, 0.25) is 0 Å². The van der Waals surface area contributed by atoms with Crippen LogP contribution in [-0.2, 0) is 0 Å². The van der Waals surface area contributed by atoms with Crippen molar-refractivity contribution >= 4 is 0 Å². The molecule has 8 heavy (non-hydrogen) atoms. The number of nitrogens with one attached hydrogen (secondary N) is 1. The number of nitrogens with two attached hydrogens (primary N) is 1. The van der Waals surface area contributed by atoms with Crippen molar-refractivity contribution in [2.24, 2.45) is 5.73 Å². The first-order chi connectivity index (χ1) is 3.84. The van der Waals surface area contributed by atoms with Crippen LogP contribution in [-0.4, -0.2) is 18.6 Å². The van der Waals surface area contributed by atoms with Crippen molar-refractivity contribution in [3.05, 3.63) is 0 Å². The van der Waals surface area contributed by atoms with Crippen molar-refractivity contribution in [3.63, 3.8) is 0 Å². The van der Waals surface area contributed by atoms with Crippen LogP contribution in [0.1, 0.15) is 19.8 Å². The fourth-order valence-corrected chi connectivity index (χ4v) is 1.05. The quantitative estimate of drug-likeness (QED) is 0.533. The van der Waals surface area contributed by atoms with Crippen LogP contribution in [0.25, 0.3) is 0 Å². The normalized spacial score (nSPS) is 36.8. The van der Waals surface area contributed by atoms with Gasteiger partial charge in [0.25, 0.3) is 0 Å². The van der Waals surface area contributed by atoms with Gasteiger partial charge >= 0.3 is 0 Å². The highest BCUT2D eigenvalue weighted by Gasteiger charge is 2.24. The van der Waals surface area contributed by atoms with Gasteiger partial charge in [-0.25, -0.2) is 0 Å². The molecule has 0 aromatic rings. The first kappa shape index (κ1) is 6.05. The monoisotopic (exact) mass is 114 g/mol. The molecule has 1 unspecified atom stereocenters.